The number of hydrogen-bond donors (Lipinski definition) is 4. The Hall–Kier alpha value is -5.24. The van der Waals surface area contributed by atoms with Crippen LogP contribution in [-0.4, -0.2) is 41.4 Å². The zero-order chi connectivity index (χ0) is 38.5. The maximum absolute atomic E-state index is 13.6. The Kier molecular flexibility index (Phi) is 15.4. The number of rotatable bonds is 17. The molecule has 0 heterocycles. The summed E-state index contributed by atoms with van der Waals surface area (Å²) in [6.07, 6.45) is -3.37. The van der Waals surface area contributed by atoms with E-state index in [9.17, 15) is 46.5 Å². The lowest BCUT2D eigenvalue weighted by atomic mass is 9.77. The molecule has 0 spiro atoms. The third-order valence-corrected chi connectivity index (χ3v) is 7.53. The minimum absolute atomic E-state index is 0.00161. The summed E-state index contributed by atoms with van der Waals surface area (Å²) < 4.78 is 81.7. The largest absolute Gasteiger partial charge is 0.481 e. The molecule has 1 aromatic carbocycles. The Morgan fingerprint density at radius 1 is 0.920 bits per heavy atom. The zero-order valence-electron chi connectivity index (χ0n) is 28.3. The third-order valence-electron chi connectivity index (χ3n) is 7.53. The highest BCUT2D eigenvalue weighted by molar-refractivity contribution is 5.68. The fraction of sp³-hybridized carbons (Fsp3) is 0.389. The van der Waals surface area contributed by atoms with E-state index < -0.39 is 46.3 Å². The summed E-state index contributed by atoms with van der Waals surface area (Å²) in [5.74, 6) is -2.26. The summed E-state index contributed by atoms with van der Waals surface area (Å²) in [5.41, 5.74) is -3.82. The van der Waals surface area contributed by atoms with Gasteiger partial charge >= 0.3 is 24.3 Å². The molecule has 1 aromatic rings. The predicted molar refractivity (Wildman–Crippen MR) is 177 cm³/mol. The number of nitrogens with zero attached hydrogens (tertiary/aromatic N) is 2. The van der Waals surface area contributed by atoms with Crippen LogP contribution < -0.4 is 10.6 Å². The van der Waals surface area contributed by atoms with Crippen LogP contribution in [0, 0.1) is 28.1 Å². The van der Waals surface area contributed by atoms with Crippen molar-refractivity contribution in [2.24, 2.45) is 5.41 Å². The average molecular weight is 707 g/mol. The van der Waals surface area contributed by atoms with Gasteiger partial charge in [-0.1, -0.05) is 46.4 Å². The van der Waals surface area contributed by atoms with Crippen molar-refractivity contribution in [1.29, 1.82) is 10.5 Å². The first-order chi connectivity index (χ1) is 23.0. The minimum Gasteiger partial charge on any atom is -0.481 e. The maximum Gasteiger partial charge on any atom is 0.416 e. The van der Waals surface area contributed by atoms with Gasteiger partial charge in [-0.3, -0.25) is 9.59 Å². The fourth-order valence-electron chi connectivity index (χ4n) is 4.65. The molecule has 0 aromatic heterocycles. The van der Waals surface area contributed by atoms with Gasteiger partial charge in [-0.15, -0.1) is 0 Å². The van der Waals surface area contributed by atoms with E-state index in [1.807, 2.05) is 12.1 Å². The van der Waals surface area contributed by atoms with Crippen LogP contribution in [0.1, 0.15) is 65.0 Å². The van der Waals surface area contributed by atoms with Crippen LogP contribution in [0.25, 0.3) is 0 Å². The highest BCUT2D eigenvalue weighted by Gasteiger charge is 2.35. The lowest BCUT2D eigenvalue weighted by molar-refractivity contribution is -0.138. The zero-order valence-corrected chi connectivity index (χ0v) is 28.3. The molecule has 0 fully saturated rings. The number of benzene rings is 1. The highest BCUT2D eigenvalue weighted by atomic mass is 19.4. The van der Waals surface area contributed by atoms with Gasteiger partial charge in [0.15, 0.2) is 0 Å². The van der Waals surface area contributed by atoms with Crippen LogP contribution in [0.5, 0.6) is 0 Å². The van der Waals surface area contributed by atoms with E-state index in [0.29, 0.717) is 0 Å². The van der Waals surface area contributed by atoms with Gasteiger partial charge in [0.1, 0.15) is 0 Å². The molecule has 0 aliphatic heterocycles. The Morgan fingerprint density at radius 2 is 1.52 bits per heavy atom. The summed E-state index contributed by atoms with van der Waals surface area (Å²) in [6, 6.07) is 6.82. The fourth-order valence-corrected chi connectivity index (χ4v) is 4.65. The molecule has 8 nitrogen and oxygen atoms in total. The third kappa shape index (κ3) is 13.3. The molecule has 4 N–H and O–H groups in total. The molecule has 0 unspecified atom stereocenters. The minimum atomic E-state index is -4.69. The van der Waals surface area contributed by atoms with Crippen molar-refractivity contribution >= 4 is 17.6 Å². The average Bonchev–Trinajstić information content (AvgIpc) is 2.99. The lowest BCUT2D eigenvalue weighted by Crippen LogP contribution is -2.30. The molecule has 0 aliphatic carbocycles. The van der Waals surface area contributed by atoms with Crippen molar-refractivity contribution < 1.29 is 46.1 Å². The normalized spacial score (nSPS) is 13.9. The standard InChI is InChI=1S/C36H40F6N4O4/c1-7-8-26(35(37,38)39)17-23(2)34(5,6)30(46-16-14-32(49)50)12-9-24(21-43)18-25(22-44)20-33(3,4)28-19-27(36(40,41)42)10-11-29(28)45-15-13-31(47)48/h7-12,17-19,45-46H,2,13-16,20H2,1,3-6H3,(H,47,48)(H,49,50)/b8-7-,24-9-,25-18-,26-17+,30-12+. The van der Waals surface area contributed by atoms with Crippen LogP contribution in [-0.2, 0) is 21.2 Å². The van der Waals surface area contributed by atoms with E-state index in [1.165, 1.54) is 37.3 Å². The van der Waals surface area contributed by atoms with Crippen LogP contribution in [0.3, 0.4) is 0 Å². The first kappa shape index (κ1) is 42.8. The molecule has 0 atom stereocenters. The van der Waals surface area contributed by atoms with Crippen molar-refractivity contribution in [3.8, 4) is 12.1 Å². The molecular weight excluding hydrogens is 666 g/mol. The summed E-state index contributed by atoms with van der Waals surface area (Å²) in [6.45, 7) is 11.3. The van der Waals surface area contributed by atoms with E-state index in [-0.39, 0.29) is 66.0 Å². The number of carbonyl (C=O) groups is 2. The van der Waals surface area contributed by atoms with Gasteiger partial charge in [-0.25, -0.2) is 0 Å². The van der Waals surface area contributed by atoms with E-state index in [0.717, 1.165) is 24.3 Å². The SMILES string of the molecule is C=C(/C=C(\C=C/C)C(F)(F)F)C(C)(C)\C(=C/C=C(C#N)/C=C(\C#N)CC(C)(C)c1cc(C(F)(F)F)ccc1NCCC(=O)O)NCCC(=O)O. The number of nitriles is 2. The van der Waals surface area contributed by atoms with Gasteiger partial charge in [0.05, 0.1) is 41.7 Å². The van der Waals surface area contributed by atoms with Crippen LogP contribution in [0.15, 0.2) is 89.2 Å². The molecular formula is C36H40F6N4O4. The number of aliphatic carboxylic acids is 2. The van der Waals surface area contributed by atoms with Gasteiger partial charge in [-0.2, -0.15) is 36.9 Å². The number of anilines is 1. The number of halogens is 6. The van der Waals surface area contributed by atoms with Gasteiger partial charge < -0.3 is 20.8 Å². The summed E-state index contributed by atoms with van der Waals surface area (Å²) >= 11 is 0. The molecule has 0 amide bonds. The first-order valence-corrected chi connectivity index (χ1v) is 15.2. The van der Waals surface area contributed by atoms with Crippen molar-refractivity contribution in [1.82, 2.24) is 5.32 Å². The number of alkyl halides is 6. The molecule has 14 heteroatoms. The van der Waals surface area contributed by atoms with Gasteiger partial charge in [-0.05, 0) is 72.4 Å². The number of carboxylic acids is 2. The topological polar surface area (TPSA) is 146 Å². The smallest absolute Gasteiger partial charge is 0.416 e. The second-order valence-corrected chi connectivity index (χ2v) is 12.3. The molecule has 0 saturated carbocycles. The Balaban J connectivity index is 3.69. The van der Waals surface area contributed by atoms with Crippen molar-refractivity contribution in [3.63, 3.8) is 0 Å². The second kappa shape index (κ2) is 18.0. The van der Waals surface area contributed by atoms with Crippen LogP contribution in [0.4, 0.5) is 32.0 Å². The van der Waals surface area contributed by atoms with Gasteiger partial charge in [0.25, 0.3) is 0 Å². The molecule has 0 radical (unpaired) electrons. The predicted octanol–water partition coefficient (Wildman–Crippen LogP) is 8.76. The number of allylic oxidation sites excluding steroid dienone is 10. The molecule has 0 saturated heterocycles. The van der Waals surface area contributed by atoms with Crippen molar-refractivity contribution in [2.75, 3.05) is 18.4 Å². The maximum atomic E-state index is 13.6. The van der Waals surface area contributed by atoms with Crippen LogP contribution in [0.2, 0.25) is 0 Å². The molecule has 0 bridgehead atoms. The second-order valence-electron chi connectivity index (χ2n) is 12.3. The Labute approximate surface area is 287 Å². The number of carboxylic acid groups (broad SMARTS) is 2. The molecule has 270 valence electrons. The van der Waals surface area contributed by atoms with E-state index >= 15 is 0 Å². The van der Waals surface area contributed by atoms with Crippen LogP contribution >= 0.6 is 0 Å². The summed E-state index contributed by atoms with van der Waals surface area (Å²) in [4.78, 5) is 22.1. The molecule has 50 heavy (non-hydrogen) atoms. The molecule has 0 aliphatic rings. The van der Waals surface area contributed by atoms with E-state index in [1.54, 1.807) is 27.7 Å². The summed E-state index contributed by atoms with van der Waals surface area (Å²) in [5, 5.41) is 43.7. The van der Waals surface area contributed by atoms with E-state index in [4.69, 9.17) is 10.2 Å². The van der Waals surface area contributed by atoms with Crippen molar-refractivity contribution in [3.05, 3.63) is 100 Å². The first-order valence-electron chi connectivity index (χ1n) is 15.2. The molecule has 1 rings (SSSR count). The quantitative estimate of drug-likeness (QED) is 0.0715. The number of nitrogens with one attached hydrogen (secondary N) is 2. The van der Waals surface area contributed by atoms with Gasteiger partial charge in [0, 0.05) is 35.5 Å². The van der Waals surface area contributed by atoms with E-state index in [2.05, 4.69) is 17.2 Å². The number of hydrogen-bond acceptors (Lipinski definition) is 6. The lowest BCUT2D eigenvalue weighted by Gasteiger charge is -2.30. The highest BCUT2D eigenvalue weighted by Crippen LogP contribution is 2.40. The Bertz CT molecular complexity index is 1660. The van der Waals surface area contributed by atoms with Gasteiger partial charge in [0.2, 0.25) is 0 Å². The Morgan fingerprint density at radius 3 is 2.02 bits per heavy atom. The van der Waals surface area contributed by atoms with Crippen molar-refractivity contribution in [2.45, 2.75) is 71.6 Å². The monoisotopic (exact) mass is 706 g/mol. The summed E-state index contributed by atoms with van der Waals surface area (Å²) in [7, 11) is 0.